The molecule has 0 aromatic carbocycles. The Morgan fingerprint density at radius 2 is 2.14 bits per heavy atom. The number of hydrogen-bond donors (Lipinski definition) is 2. The molecule has 1 fully saturated rings. The molecule has 1 atom stereocenters. The fraction of sp³-hybridized carbons (Fsp3) is 0.533. The molecule has 0 bridgehead atoms. The van der Waals surface area contributed by atoms with Gasteiger partial charge in [-0.2, -0.15) is 15.0 Å². The molecule has 1 aliphatic heterocycles. The highest BCUT2D eigenvalue weighted by Crippen LogP contribution is 2.27. The van der Waals surface area contributed by atoms with Crippen molar-refractivity contribution in [3.05, 3.63) is 11.6 Å². The smallest absolute Gasteiger partial charge is 0.226 e. The minimum absolute atomic E-state index is 0.374. The fourth-order valence-electron chi connectivity index (χ4n) is 2.87. The maximum absolute atomic E-state index is 5.24. The molecular weight excluding hydrogens is 280 g/mol. The maximum atomic E-state index is 5.24. The highest BCUT2D eigenvalue weighted by Gasteiger charge is 2.21. The van der Waals surface area contributed by atoms with E-state index in [0.29, 0.717) is 23.5 Å². The fourth-order valence-corrected chi connectivity index (χ4v) is 2.87. The van der Waals surface area contributed by atoms with Crippen molar-refractivity contribution in [1.29, 1.82) is 0 Å². The van der Waals surface area contributed by atoms with Crippen molar-refractivity contribution in [1.82, 2.24) is 19.9 Å². The van der Waals surface area contributed by atoms with Gasteiger partial charge in [-0.15, -0.1) is 0 Å². The molecule has 22 heavy (non-hydrogen) atoms. The zero-order chi connectivity index (χ0) is 15.7. The molecule has 3 heterocycles. The number of likely N-dealkylation sites (tertiary alicyclic amines) is 1. The molecular formula is C15H22N6O. The van der Waals surface area contributed by atoms with Gasteiger partial charge in [-0.05, 0) is 32.5 Å². The average molecular weight is 302 g/mol. The number of aryl methyl sites for hydroxylation is 1. The number of nitrogens with one attached hydrogen (secondary N) is 2. The molecule has 0 saturated carbocycles. The van der Waals surface area contributed by atoms with Gasteiger partial charge in [0.05, 0.1) is 12.5 Å². The van der Waals surface area contributed by atoms with E-state index in [2.05, 4.69) is 37.5 Å². The van der Waals surface area contributed by atoms with Crippen molar-refractivity contribution in [2.75, 3.05) is 44.9 Å². The van der Waals surface area contributed by atoms with Crippen LogP contribution in [0.2, 0.25) is 0 Å². The Bertz CT molecular complexity index is 689. The number of nitrogens with zero attached hydrogens (tertiary/aromatic N) is 4. The Morgan fingerprint density at radius 3 is 2.77 bits per heavy atom. The van der Waals surface area contributed by atoms with Gasteiger partial charge in [0.1, 0.15) is 5.82 Å². The first-order valence-corrected chi connectivity index (χ1v) is 7.47. The van der Waals surface area contributed by atoms with Crippen LogP contribution in [0.4, 0.5) is 11.8 Å². The molecule has 0 spiro atoms. The van der Waals surface area contributed by atoms with E-state index in [-0.39, 0.29) is 0 Å². The zero-order valence-electron chi connectivity index (χ0n) is 13.5. The van der Waals surface area contributed by atoms with Crippen LogP contribution in [0.15, 0.2) is 6.07 Å². The summed E-state index contributed by atoms with van der Waals surface area (Å²) in [6, 6.07) is 2.27. The summed E-state index contributed by atoms with van der Waals surface area (Å²) in [4.78, 5) is 15.9. The number of aromatic nitrogens is 3. The van der Waals surface area contributed by atoms with Crippen molar-refractivity contribution >= 4 is 22.8 Å². The van der Waals surface area contributed by atoms with Crippen LogP contribution in [-0.4, -0.2) is 60.2 Å². The molecule has 0 radical (unpaired) electrons. The van der Waals surface area contributed by atoms with Gasteiger partial charge in [0.25, 0.3) is 0 Å². The predicted octanol–water partition coefficient (Wildman–Crippen LogP) is 1.50. The van der Waals surface area contributed by atoms with Gasteiger partial charge >= 0.3 is 0 Å². The number of ether oxygens (including phenoxy) is 1. The second kappa shape index (κ2) is 5.92. The first-order chi connectivity index (χ1) is 10.6. The van der Waals surface area contributed by atoms with Crippen LogP contribution >= 0.6 is 0 Å². The van der Waals surface area contributed by atoms with Crippen LogP contribution in [0, 0.1) is 6.92 Å². The van der Waals surface area contributed by atoms with Crippen LogP contribution in [0.3, 0.4) is 0 Å². The summed E-state index contributed by atoms with van der Waals surface area (Å²) in [6.07, 6.45) is 1.09. The number of pyridine rings is 1. The molecule has 3 rings (SSSR count). The van der Waals surface area contributed by atoms with Gasteiger partial charge in [-0.1, -0.05) is 0 Å². The van der Waals surface area contributed by atoms with Gasteiger partial charge in [-0.3, -0.25) is 0 Å². The largest absolute Gasteiger partial charge is 0.481 e. The number of methoxy groups -OCH3 is 1. The summed E-state index contributed by atoms with van der Waals surface area (Å²) in [5, 5.41) is 7.48. The molecule has 0 aliphatic carbocycles. The lowest BCUT2D eigenvalue weighted by Gasteiger charge is -2.15. The van der Waals surface area contributed by atoms with Crippen molar-refractivity contribution in [3.63, 3.8) is 0 Å². The third kappa shape index (κ3) is 2.76. The molecule has 1 aliphatic rings. The standard InChI is InChI=1S/C15H22N6O/c1-9-7-11(22-4)18-14-12(9)13(16-2)19-15(20-14)17-10-5-6-21(3)8-10/h7,10H,5-6,8H2,1-4H3,(H2,16,17,18,19,20). The highest BCUT2D eigenvalue weighted by atomic mass is 16.5. The van der Waals surface area contributed by atoms with E-state index >= 15 is 0 Å². The molecule has 7 heteroatoms. The van der Waals surface area contributed by atoms with E-state index in [1.54, 1.807) is 7.11 Å². The average Bonchev–Trinajstić information content (AvgIpc) is 2.90. The van der Waals surface area contributed by atoms with Gasteiger partial charge < -0.3 is 20.3 Å². The lowest BCUT2D eigenvalue weighted by atomic mass is 10.2. The van der Waals surface area contributed by atoms with Crippen molar-refractivity contribution < 1.29 is 4.74 Å². The van der Waals surface area contributed by atoms with Crippen LogP contribution < -0.4 is 15.4 Å². The van der Waals surface area contributed by atoms with Crippen molar-refractivity contribution in [2.24, 2.45) is 0 Å². The Labute approximate surface area is 130 Å². The summed E-state index contributed by atoms with van der Waals surface area (Å²) >= 11 is 0. The normalized spacial score (nSPS) is 18.6. The lowest BCUT2D eigenvalue weighted by molar-refractivity contribution is 0.399. The Hall–Kier alpha value is -2.15. The highest BCUT2D eigenvalue weighted by molar-refractivity contribution is 5.90. The molecule has 2 aromatic heterocycles. The van der Waals surface area contributed by atoms with Crippen LogP contribution in [0.5, 0.6) is 5.88 Å². The topological polar surface area (TPSA) is 75.2 Å². The predicted molar refractivity (Wildman–Crippen MR) is 87.7 cm³/mol. The molecule has 1 saturated heterocycles. The van der Waals surface area contributed by atoms with Crippen molar-refractivity contribution in [2.45, 2.75) is 19.4 Å². The molecule has 0 amide bonds. The Morgan fingerprint density at radius 1 is 1.32 bits per heavy atom. The van der Waals surface area contributed by atoms with E-state index in [1.165, 1.54) is 0 Å². The molecule has 7 nitrogen and oxygen atoms in total. The van der Waals surface area contributed by atoms with Crippen LogP contribution in [0.1, 0.15) is 12.0 Å². The lowest BCUT2D eigenvalue weighted by Crippen LogP contribution is -2.24. The summed E-state index contributed by atoms with van der Waals surface area (Å²) < 4.78 is 5.24. The SMILES string of the molecule is CNc1nc(NC2CCN(C)C2)nc2nc(OC)cc(C)c12. The summed E-state index contributed by atoms with van der Waals surface area (Å²) in [7, 11) is 5.59. The Kier molecular flexibility index (Phi) is 3.98. The minimum atomic E-state index is 0.374. The number of likely N-dealkylation sites (N-methyl/N-ethyl adjacent to an activating group) is 1. The van der Waals surface area contributed by atoms with E-state index < -0.39 is 0 Å². The number of hydrogen-bond acceptors (Lipinski definition) is 7. The summed E-state index contributed by atoms with van der Waals surface area (Å²) in [5.41, 5.74) is 1.68. The zero-order valence-corrected chi connectivity index (χ0v) is 13.5. The van der Waals surface area contributed by atoms with Crippen LogP contribution in [-0.2, 0) is 0 Å². The van der Waals surface area contributed by atoms with Gasteiger partial charge in [0.2, 0.25) is 11.8 Å². The van der Waals surface area contributed by atoms with E-state index in [1.807, 2.05) is 20.0 Å². The van der Waals surface area contributed by atoms with Gasteiger partial charge in [-0.25, -0.2) is 0 Å². The second-order valence-corrected chi connectivity index (χ2v) is 5.72. The summed E-state index contributed by atoms with van der Waals surface area (Å²) in [6.45, 7) is 4.10. The Balaban J connectivity index is 2.01. The molecule has 118 valence electrons. The van der Waals surface area contributed by atoms with Crippen LogP contribution in [0.25, 0.3) is 11.0 Å². The second-order valence-electron chi connectivity index (χ2n) is 5.72. The van der Waals surface area contributed by atoms with E-state index in [0.717, 1.165) is 36.3 Å². The first kappa shape index (κ1) is 14.8. The van der Waals surface area contributed by atoms with Gasteiger partial charge in [0, 0.05) is 25.7 Å². The summed E-state index contributed by atoms with van der Waals surface area (Å²) in [5.74, 6) is 1.96. The van der Waals surface area contributed by atoms with Gasteiger partial charge in [0.15, 0.2) is 5.65 Å². The van der Waals surface area contributed by atoms with E-state index in [4.69, 9.17) is 4.74 Å². The number of anilines is 2. The van der Waals surface area contributed by atoms with Crippen molar-refractivity contribution in [3.8, 4) is 5.88 Å². The van der Waals surface area contributed by atoms with E-state index in [9.17, 15) is 0 Å². The molecule has 2 N–H and O–H groups in total. The third-order valence-corrected chi connectivity index (χ3v) is 4.01. The maximum Gasteiger partial charge on any atom is 0.226 e. The minimum Gasteiger partial charge on any atom is -0.481 e. The monoisotopic (exact) mass is 302 g/mol. The molecule has 2 aromatic rings. The molecule has 1 unspecified atom stereocenters. The number of rotatable bonds is 4. The first-order valence-electron chi connectivity index (χ1n) is 7.47. The quantitative estimate of drug-likeness (QED) is 0.886. The third-order valence-electron chi connectivity index (χ3n) is 4.01. The number of fused-ring (bicyclic) bond motifs is 1.